The van der Waals surface area contributed by atoms with Crippen LogP contribution in [0.1, 0.15) is 16.8 Å². The predicted octanol–water partition coefficient (Wildman–Crippen LogP) is 3.50. The Kier molecular flexibility index (Phi) is 4.02. The van der Waals surface area contributed by atoms with Crippen molar-refractivity contribution in [3.05, 3.63) is 41.6 Å². The van der Waals surface area contributed by atoms with Crippen LogP contribution in [0.5, 0.6) is 0 Å². The molecule has 30 heavy (non-hydrogen) atoms. The molecule has 0 aromatic carbocycles. The fraction of sp³-hybridized carbons (Fsp3) is 0.316. The Hall–Kier alpha value is -3.50. The van der Waals surface area contributed by atoms with Gasteiger partial charge in [0, 0.05) is 31.2 Å². The molecule has 5 heterocycles. The van der Waals surface area contributed by atoms with Crippen molar-refractivity contribution in [2.75, 3.05) is 23.3 Å². The van der Waals surface area contributed by atoms with Gasteiger partial charge in [0.2, 0.25) is 11.7 Å². The molecule has 0 amide bonds. The fourth-order valence-corrected chi connectivity index (χ4v) is 3.57. The summed E-state index contributed by atoms with van der Waals surface area (Å²) in [6, 6.07) is 1.98. The molecule has 1 saturated heterocycles. The van der Waals surface area contributed by atoms with Crippen LogP contribution < -0.4 is 10.2 Å². The first-order chi connectivity index (χ1) is 14.3. The molecule has 0 saturated carbocycles. The van der Waals surface area contributed by atoms with Crippen LogP contribution in [0.15, 0.2) is 29.2 Å². The lowest BCUT2D eigenvalue weighted by Gasteiger charge is -2.39. The maximum absolute atomic E-state index is 12.6. The van der Waals surface area contributed by atoms with Crippen molar-refractivity contribution in [2.24, 2.45) is 0 Å². The Morgan fingerprint density at radius 1 is 1.10 bits per heavy atom. The minimum absolute atomic E-state index is 0.0120. The van der Waals surface area contributed by atoms with E-state index in [-0.39, 0.29) is 12.0 Å². The topological polar surface area (TPSA) is 92.9 Å². The summed E-state index contributed by atoms with van der Waals surface area (Å²) in [6.07, 6.45) is -1.39. The van der Waals surface area contributed by atoms with Gasteiger partial charge in [0.25, 0.3) is 0 Å². The first-order valence-electron chi connectivity index (χ1n) is 9.22. The van der Waals surface area contributed by atoms with Crippen LogP contribution in [0.4, 0.5) is 24.9 Å². The molecule has 0 aliphatic carbocycles. The minimum atomic E-state index is -4.45. The lowest BCUT2D eigenvalue weighted by molar-refractivity contribution is -0.138. The highest BCUT2D eigenvalue weighted by Crippen LogP contribution is 2.33. The van der Waals surface area contributed by atoms with Crippen LogP contribution in [-0.2, 0) is 6.18 Å². The van der Waals surface area contributed by atoms with Gasteiger partial charge < -0.3 is 14.6 Å². The standard InChI is InChI=1S/C19H16F3N7O/c1-9-3-10(2)27-17-13(9)14-15(30-17)16(26-8-25-14)28-12-6-29(7-12)18-23-4-11(5-24-18)19(20,21)22/h3-5,8,12H,6-7H2,1-2H3,(H,25,26,28). The first-order valence-corrected chi connectivity index (χ1v) is 9.22. The largest absolute Gasteiger partial charge is 0.432 e. The molecule has 4 aromatic heterocycles. The number of pyridine rings is 1. The summed E-state index contributed by atoms with van der Waals surface area (Å²) in [5.41, 5.74) is 2.74. The molecule has 1 aliphatic heterocycles. The summed E-state index contributed by atoms with van der Waals surface area (Å²) in [5.74, 6) is 0.806. The third kappa shape index (κ3) is 3.06. The van der Waals surface area contributed by atoms with E-state index in [4.69, 9.17) is 4.42 Å². The number of aryl methyl sites for hydroxylation is 2. The minimum Gasteiger partial charge on any atom is -0.432 e. The van der Waals surface area contributed by atoms with Crippen molar-refractivity contribution in [1.82, 2.24) is 24.9 Å². The van der Waals surface area contributed by atoms with Crippen molar-refractivity contribution < 1.29 is 17.6 Å². The highest BCUT2D eigenvalue weighted by atomic mass is 19.4. The highest BCUT2D eigenvalue weighted by Gasteiger charge is 2.33. The number of furan rings is 1. The molecule has 0 atom stereocenters. The Bertz CT molecular complexity index is 1250. The average molecular weight is 415 g/mol. The van der Waals surface area contributed by atoms with E-state index in [0.717, 1.165) is 29.0 Å². The molecular formula is C19H16F3N7O. The summed E-state index contributed by atoms with van der Waals surface area (Å²) in [4.78, 5) is 22.5. The molecule has 154 valence electrons. The zero-order chi connectivity index (χ0) is 21.0. The molecule has 11 heteroatoms. The Morgan fingerprint density at radius 3 is 2.53 bits per heavy atom. The third-order valence-electron chi connectivity index (χ3n) is 5.02. The number of hydrogen-bond donors (Lipinski definition) is 1. The van der Waals surface area contributed by atoms with Gasteiger partial charge in [-0.1, -0.05) is 0 Å². The summed E-state index contributed by atoms with van der Waals surface area (Å²) < 4.78 is 43.9. The second-order valence-corrected chi connectivity index (χ2v) is 7.28. The summed E-state index contributed by atoms with van der Waals surface area (Å²) in [5, 5.41) is 4.16. The zero-order valence-electron chi connectivity index (χ0n) is 16.0. The first kappa shape index (κ1) is 18.5. The molecule has 8 nitrogen and oxygen atoms in total. The van der Waals surface area contributed by atoms with Gasteiger partial charge in [0.15, 0.2) is 11.4 Å². The van der Waals surface area contributed by atoms with Gasteiger partial charge in [-0.3, -0.25) is 0 Å². The number of nitrogens with zero attached hydrogens (tertiary/aromatic N) is 6. The molecule has 1 N–H and O–H groups in total. The van der Waals surface area contributed by atoms with E-state index in [1.807, 2.05) is 19.9 Å². The number of halogens is 3. The molecule has 1 aliphatic rings. The summed E-state index contributed by atoms with van der Waals surface area (Å²) >= 11 is 0. The predicted molar refractivity (Wildman–Crippen MR) is 103 cm³/mol. The van der Waals surface area contributed by atoms with Gasteiger partial charge in [-0.25, -0.2) is 24.9 Å². The van der Waals surface area contributed by atoms with Crippen LogP contribution in [0.3, 0.4) is 0 Å². The maximum atomic E-state index is 12.6. The van der Waals surface area contributed by atoms with E-state index in [9.17, 15) is 13.2 Å². The number of nitrogens with one attached hydrogen (secondary N) is 1. The van der Waals surface area contributed by atoms with Crippen molar-refractivity contribution in [2.45, 2.75) is 26.1 Å². The number of rotatable bonds is 3. The van der Waals surface area contributed by atoms with Crippen molar-refractivity contribution in [3.63, 3.8) is 0 Å². The number of hydrogen-bond acceptors (Lipinski definition) is 8. The lowest BCUT2D eigenvalue weighted by Crippen LogP contribution is -2.55. The van der Waals surface area contributed by atoms with Crippen LogP contribution in [0, 0.1) is 13.8 Å². The van der Waals surface area contributed by atoms with Gasteiger partial charge >= 0.3 is 6.18 Å². The van der Waals surface area contributed by atoms with Crippen LogP contribution in [0.25, 0.3) is 22.2 Å². The maximum Gasteiger partial charge on any atom is 0.419 e. The Balaban J connectivity index is 1.35. The fourth-order valence-electron chi connectivity index (χ4n) is 3.57. The average Bonchev–Trinajstić information content (AvgIpc) is 3.03. The molecule has 0 unspecified atom stereocenters. The highest BCUT2D eigenvalue weighted by molar-refractivity contribution is 6.05. The quantitative estimate of drug-likeness (QED) is 0.544. The molecule has 4 aromatic rings. The molecule has 0 spiro atoms. The number of fused-ring (bicyclic) bond motifs is 3. The molecule has 0 radical (unpaired) electrons. The normalized spacial score (nSPS) is 15.0. The van der Waals surface area contributed by atoms with Gasteiger partial charge in [-0.2, -0.15) is 13.2 Å². The molecule has 0 bridgehead atoms. The van der Waals surface area contributed by atoms with Crippen LogP contribution >= 0.6 is 0 Å². The Labute approximate surface area is 168 Å². The number of aromatic nitrogens is 5. The van der Waals surface area contributed by atoms with Gasteiger partial charge in [0.1, 0.15) is 11.8 Å². The number of alkyl halides is 3. The second kappa shape index (κ2) is 6.51. The van der Waals surface area contributed by atoms with E-state index in [0.29, 0.717) is 35.7 Å². The van der Waals surface area contributed by atoms with E-state index in [1.54, 1.807) is 4.90 Å². The van der Waals surface area contributed by atoms with Crippen LogP contribution in [-0.4, -0.2) is 44.1 Å². The smallest absolute Gasteiger partial charge is 0.419 e. The van der Waals surface area contributed by atoms with E-state index >= 15 is 0 Å². The molecule has 1 fully saturated rings. The second-order valence-electron chi connectivity index (χ2n) is 7.28. The van der Waals surface area contributed by atoms with Gasteiger partial charge in [0.05, 0.1) is 17.0 Å². The van der Waals surface area contributed by atoms with Crippen molar-refractivity contribution in [3.8, 4) is 0 Å². The van der Waals surface area contributed by atoms with E-state index < -0.39 is 11.7 Å². The van der Waals surface area contributed by atoms with Gasteiger partial charge in [-0.05, 0) is 25.5 Å². The monoisotopic (exact) mass is 415 g/mol. The third-order valence-corrected chi connectivity index (χ3v) is 5.02. The molecular weight excluding hydrogens is 399 g/mol. The zero-order valence-corrected chi connectivity index (χ0v) is 16.0. The summed E-state index contributed by atoms with van der Waals surface area (Å²) in [7, 11) is 0. The molecule has 5 rings (SSSR count). The van der Waals surface area contributed by atoms with Crippen molar-refractivity contribution in [1.29, 1.82) is 0 Å². The van der Waals surface area contributed by atoms with E-state index in [1.165, 1.54) is 6.33 Å². The van der Waals surface area contributed by atoms with E-state index in [2.05, 4.69) is 30.2 Å². The Morgan fingerprint density at radius 2 is 1.83 bits per heavy atom. The summed E-state index contributed by atoms with van der Waals surface area (Å²) in [6.45, 7) is 4.92. The van der Waals surface area contributed by atoms with Gasteiger partial charge in [-0.15, -0.1) is 0 Å². The van der Waals surface area contributed by atoms with Crippen LogP contribution in [0.2, 0.25) is 0 Å². The van der Waals surface area contributed by atoms with Crippen molar-refractivity contribution >= 4 is 34.0 Å². The number of anilines is 2. The SMILES string of the molecule is Cc1cc(C)c2c(n1)oc1c(NC3CN(c4ncc(C(F)(F)F)cn4)C3)ncnc12. The lowest BCUT2D eigenvalue weighted by atomic mass is 10.1.